The first-order valence-corrected chi connectivity index (χ1v) is 8.83. The molecule has 6 heteroatoms. The van der Waals surface area contributed by atoms with E-state index in [2.05, 4.69) is 5.10 Å². The third-order valence-electron chi connectivity index (χ3n) is 4.56. The van der Waals surface area contributed by atoms with E-state index in [1.165, 1.54) is 0 Å². The van der Waals surface area contributed by atoms with E-state index in [-0.39, 0.29) is 12.0 Å². The maximum Gasteiger partial charge on any atom is 0.258 e. The van der Waals surface area contributed by atoms with Gasteiger partial charge < -0.3 is 14.4 Å². The number of carbonyl (C=O) groups is 1. The Morgan fingerprint density at radius 3 is 2.67 bits per heavy atom. The highest BCUT2D eigenvalue weighted by Crippen LogP contribution is 2.37. The largest absolute Gasteiger partial charge is 0.497 e. The second kappa shape index (κ2) is 6.79. The fourth-order valence-corrected chi connectivity index (χ4v) is 3.20. The summed E-state index contributed by atoms with van der Waals surface area (Å²) >= 11 is 0. The van der Waals surface area contributed by atoms with Crippen molar-refractivity contribution in [2.75, 3.05) is 18.6 Å². The van der Waals surface area contributed by atoms with Gasteiger partial charge in [0.1, 0.15) is 17.6 Å². The molecule has 2 aromatic carbocycles. The highest BCUT2D eigenvalue weighted by molar-refractivity contribution is 6.07. The number of anilines is 1. The number of methoxy groups -OCH3 is 1. The van der Waals surface area contributed by atoms with Gasteiger partial charge in [-0.15, -0.1) is 0 Å². The minimum atomic E-state index is -0.0823. The number of carbonyl (C=O) groups excluding carboxylic acids is 1. The third kappa shape index (κ3) is 3.26. The van der Waals surface area contributed by atoms with Crippen molar-refractivity contribution >= 4 is 11.6 Å². The van der Waals surface area contributed by atoms with Crippen LogP contribution in [0.3, 0.4) is 0 Å². The molecule has 0 saturated heterocycles. The number of amides is 1. The first-order valence-electron chi connectivity index (χ1n) is 8.83. The Morgan fingerprint density at radius 1 is 1.22 bits per heavy atom. The molecule has 138 valence electrons. The summed E-state index contributed by atoms with van der Waals surface area (Å²) in [5.74, 6) is 1.31. The van der Waals surface area contributed by atoms with E-state index >= 15 is 0 Å². The van der Waals surface area contributed by atoms with Crippen LogP contribution in [0.2, 0.25) is 0 Å². The average Bonchev–Trinajstić information content (AvgIpc) is 3.13. The van der Waals surface area contributed by atoms with Gasteiger partial charge in [-0.2, -0.15) is 5.10 Å². The Kier molecular flexibility index (Phi) is 4.32. The lowest BCUT2D eigenvalue weighted by Gasteiger charge is -2.33. The number of nitrogens with zero attached hydrogens (tertiary/aromatic N) is 3. The number of hydrogen-bond acceptors (Lipinski definition) is 4. The van der Waals surface area contributed by atoms with Gasteiger partial charge in [0.2, 0.25) is 0 Å². The number of fused-ring (bicyclic) bond motifs is 1. The minimum Gasteiger partial charge on any atom is -0.497 e. The highest BCUT2D eigenvalue weighted by atomic mass is 16.5. The summed E-state index contributed by atoms with van der Waals surface area (Å²) in [4.78, 5) is 14.9. The molecule has 3 aromatic rings. The quantitative estimate of drug-likeness (QED) is 0.713. The van der Waals surface area contributed by atoms with E-state index in [1.54, 1.807) is 22.9 Å². The van der Waals surface area contributed by atoms with Gasteiger partial charge in [-0.05, 0) is 55.8 Å². The second-order valence-electron chi connectivity index (χ2n) is 6.69. The minimum absolute atomic E-state index is 0.0668. The van der Waals surface area contributed by atoms with Gasteiger partial charge in [0.15, 0.2) is 0 Å². The Morgan fingerprint density at radius 2 is 2.00 bits per heavy atom. The molecule has 4 rings (SSSR count). The summed E-state index contributed by atoms with van der Waals surface area (Å²) in [7, 11) is 1.61. The van der Waals surface area contributed by atoms with Crippen LogP contribution < -0.4 is 14.4 Å². The van der Waals surface area contributed by atoms with Gasteiger partial charge in [0.05, 0.1) is 31.2 Å². The molecule has 1 unspecified atom stereocenters. The SMILES string of the molecule is COc1ccc2c(c1)N(C(=O)c1ccc(-n3cc(C)cn3)cc1)CC(C)O2. The highest BCUT2D eigenvalue weighted by Gasteiger charge is 2.28. The van der Waals surface area contributed by atoms with E-state index in [1.807, 2.05) is 62.5 Å². The maximum atomic E-state index is 13.2. The maximum absolute atomic E-state index is 13.2. The Balaban J connectivity index is 1.65. The van der Waals surface area contributed by atoms with E-state index in [0.717, 1.165) is 16.9 Å². The summed E-state index contributed by atoms with van der Waals surface area (Å²) in [5.41, 5.74) is 3.34. The van der Waals surface area contributed by atoms with Gasteiger partial charge in [0.25, 0.3) is 5.91 Å². The molecule has 1 aromatic heterocycles. The van der Waals surface area contributed by atoms with Crippen molar-refractivity contribution in [1.82, 2.24) is 9.78 Å². The molecular weight excluding hydrogens is 342 g/mol. The van der Waals surface area contributed by atoms with Crippen molar-refractivity contribution in [2.45, 2.75) is 20.0 Å². The van der Waals surface area contributed by atoms with Crippen LogP contribution in [0.5, 0.6) is 11.5 Å². The van der Waals surface area contributed by atoms with Crippen molar-refractivity contribution < 1.29 is 14.3 Å². The van der Waals surface area contributed by atoms with Crippen LogP contribution in [-0.4, -0.2) is 35.4 Å². The van der Waals surface area contributed by atoms with Crippen LogP contribution >= 0.6 is 0 Å². The Bertz CT molecular complexity index is 979. The number of aromatic nitrogens is 2. The fraction of sp³-hybridized carbons (Fsp3) is 0.238. The molecule has 0 radical (unpaired) electrons. The molecule has 0 bridgehead atoms. The molecular formula is C21H21N3O3. The molecule has 6 nitrogen and oxygen atoms in total. The Hall–Kier alpha value is -3.28. The lowest BCUT2D eigenvalue weighted by atomic mass is 10.1. The lowest BCUT2D eigenvalue weighted by molar-refractivity contribution is 0.0961. The van der Waals surface area contributed by atoms with Crippen molar-refractivity contribution in [2.24, 2.45) is 0 Å². The topological polar surface area (TPSA) is 56.6 Å². The van der Waals surface area contributed by atoms with Crippen LogP contribution in [0, 0.1) is 6.92 Å². The zero-order chi connectivity index (χ0) is 19.0. The van der Waals surface area contributed by atoms with Crippen molar-refractivity contribution in [3.63, 3.8) is 0 Å². The van der Waals surface area contributed by atoms with Gasteiger partial charge in [-0.3, -0.25) is 4.79 Å². The van der Waals surface area contributed by atoms with E-state index in [9.17, 15) is 4.79 Å². The molecule has 1 aliphatic heterocycles. The van der Waals surface area contributed by atoms with Gasteiger partial charge in [0, 0.05) is 17.8 Å². The molecule has 0 fully saturated rings. The van der Waals surface area contributed by atoms with Crippen LogP contribution in [0.4, 0.5) is 5.69 Å². The first-order chi connectivity index (χ1) is 13.0. The normalized spacial score (nSPS) is 15.8. The molecule has 2 heterocycles. The van der Waals surface area contributed by atoms with Crippen molar-refractivity contribution in [3.8, 4) is 17.2 Å². The van der Waals surface area contributed by atoms with Crippen molar-refractivity contribution in [3.05, 3.63) is 66.0 Å². The van der Waals surface area contributed by atoms with Gasteiger partial charge in [-0.1, -0.05) is 0 Å². The van der Waals surface area contributed by atoms with Crippen LogP contribution in [0.1, 0.15) is 22.8 Å². The van der Waals surface area contributed by atoms with Gasteiger partial charge in [-0.25, -0.2) is 4.68 Å². The zero-order valence-corrected chi connectivity index (χ0v) is 15.5. The Labute approximate surface area is 157 Å². The summed E-state index contributed by atoms with van der Waals surface area (Å²) in [6.07, 6.45) is 3.67. The molecule has 1 aliphatic rings. The van der Waals surface area contributed by atoms with E-state index in [0.29, 0.717) is 23.6 Å². The predicted molar refractivity (Wildman–Crippen MR) is 103 cm³/mol. The van der Waals surface area contributed by atoms with Crippen LogP contribution in [-0.2, 0) is 0 Å². The van der Waals surface area contributed by atoms with E-state index < -0.39 is 0 Å². The second-order valence-corrected chi connectivity index (χ2v) is 6.69. The monoisotopic (exact) mass is 363 g/mol. The summed E-state index contributed by atoms with van der Waals surface area (Å²) in [5, 5.41) is 4.30. The molecule has 0 N–H and O–H groups in total. The summed E-state index contributed by atoms with van der Waals surface area (Å²) in [6.45, 7) is 4.43. The first kappa shape index (κ1) is 17.1. The smallest absolute Gasteiger partial charge is 0.258 e. The molecule has 1 amide bonds. The number of rotatable bonds is 3. The van der Waals surface area contributed by atoms with Crippen LogP contribution in [0.15, 0.2) is 54.9 Å². The number of hydrogen-bond donors (Lipinski definition) is 0. The van der Waals surface area contributed by atoms with Crippen molar-refractivity contribution in [1.29, 1.82) is 0 Å². The average molecular weight is 363 g/mol. The van der Waals surface area contributed by atoms with Gasteiger partial charge >= 0.3 is 0 Å². The molecule has 0 spiro atoms. The number of ether oxygens (including phenoxy) is 2. The number of benzene rings is 2. The molecule has 0 aliphatic carbocycles. The standard InChI is InChI=1S/C21H21N3O3/c1-14-11-22-24(12-14)17-6-4-16(5-7-17)21(25)23-13-15(2)27-20-9-8-18(26-3)10-19(20)23/h4-12,15H,13H2,1-3H3. The molecule has 1 atom stereocenters. The third-order valence-corrected chi connectivity index (χ3v) is 4.56. The number of aryl methyl sites for hydroxylation is 1. The van der Waals surface area contributed by atoms with Crippen LogP contribution in [0.25, 0.3) is 5.69 Å². The summed E-state index contributed by atoms with van der Waals surface area (Å²) in [6, 6.07) is 13.0. The summed E-state index contributed by atoms with van der Waals surface area (Å²) < 4.78 is 13.0. The van der Waals surface area contributed by atoms with E-state index in [4.69, 9.17) is 9.47 Å². The zero-order valence-electron chi connectivity index (χ0n) is 15.5. The lowest BCUT2D eigenvalue weighted by Crippen LogP contribution is -2.42. The molecule has 27 heavy (non-hydrogen) atoms. The predicted octanol–water partition coefficient (Wildman–Crippen LogP) is 3.62. The molecule has 0 saturated carbocycles. The fourth-order valence-electron chi connectivity index (χ4n) is 3.20.